The van der Waals surface area contributed by atoms with Crippen LogP contribution in [0.5, 0.6) is 0 Å². The van der Waals surface area contributed by atoms with Gasteiger partial charge in [0.05, 0.1) is 0 Å². The molecule has 2 aliphatic rings. The van der Waals surface area contributed by atoms with Crippen LogP contribution in [0.1, 0.15) is 55.6 Å². The maximum Gasteiger partial charge on any atom is -0.00930 e. The first-order valence-electron chi connectivity index (χ1n) is 20.1. The summed E-state index contributed by atoms with van der Waals surface area (Å²) in [5.41, 5.74) is 20.2. The first-order chi connectivity index (χ1) is 28.8. The third-order valence-electron chi connectivity index (χ3n) is 11.8. The van der Waals surface area contributed by atoms with Gasteiger partial charge in [-0.05, 0) is 135 Å². The summed E-state index contributed by atoms with van der Waals surface area (Å²) in [6.45, 7) is 0. The molecule has 9 aromatic carbocycles. The Hall–Kier alpha value is -7.54. The predicted octanol–water partition coefficient (Wildman–Crippen LogP) is 15.5. The van der Waals surface area contributed by atoms with Gasteiger partial charge in [0.1, 0.15) is 0 Å². The monoisotopic (exact) mass is 734 g/mol. The molecule has 0 heterocycles. The summed E-state index contributed by atoms with van der Waals surface area (Å²) in [5, 5.41) is 4.97. The number of hydrogen-bond acceptors (Lipinski definition) is 0. The first kappa shape index (κ1) is 33.8. The molecule has 2 aliphatic carbocycles. The lowest BCUT2D eigenvalue weighted by molar-refractivity contribution is 1.61. The Balaban J connectivity index is 0.946. The van der Waals surface area contributed by atoms with Gasteiger partial charge in [-0.3, -0.25) is 0 Å². The lowest BCUT2D eigenvalue weighted by Crippen LogP contribution is -1.89. The minimum absolute atomic E-state index is 1.17. The summed E-state index contributed by atoms with van der Waals surface area (Å²) in [4.78, 5) is 0. The van der Waals surface area contributed by atoms with Crippen LogP contribution < -0.4 is 0 Å². The number of fused-ring (bicyclic) bond motifs is 8. The second kappa shape index (κ2) is 14.2. The smallest absolute Gasteiger partial charge is 0.00930 e. The predicted molar refractivity (Wildman–Crippen MR) is 250 cm³/mol. The van der Waals surface area contributed by atoms with Gasteiger partial charge in [-0.25, -0.2) is 0 Å². The van der Waals surface area contributed by atoms with Gasteiger partial charge in [0.2, 0.25) is 0 Å². The highest BCUT2D eigenvalue weighted by Gasteiger charge is 2.23. The zero-order valence-corrected chi connectivity index (χ0v) is 31.9. The highest BCUT2D eigenvalue weighted by atomic mass is 14.3. The molecule has 9 aromatic rings. The molecule has 11 rings (SSSR count). The van der Waals surface area contributed by atoms with Crippen LogP contribution in [0.25, 0.3) is 91.4 Å². The highest BCUT2D eigenvalue weighted by molar-refractivity contribution is 6.14. The van der Waals surface area contributed by atoms with Crippen molar-refractivity contribution in [2.45, 2.75) is 0 Å². The molecular formula is C58H38. The molecule has 270 valence electrons. The van der Waals surface area contributed by atoms with Crippen molar-refractivity contribution < 1.29 is 0 Å². The van der Waals surface area contributed by atoms with Crippen molar-refractivity contribution in [3.05, 3.63) is 250 Å². The van der Waals surface area contributed by atoms with Crippen LogP contribution in [0, 0.1) is 0 Å². The van der Waals surface area contributed by atoms with Crippen molar-refractivity contribution in [1.82, 2.24) is 0 Å². The van der Waals surface area contributed by atoms with E-state index in [1.165, 1.54) is 111 Å². The Morgan fingerprint density at radius 3 is 0.828 bits per heavy atom. The van der Waals surface area contributed by atoms with E-state index in [1.54, 1.807) is 0 Å². The second-order valence-corrected chi connectivity index (χ2v) is 15.2. The molecule has 58 heavy (non-hydrogen) atoms. The molecular weight excluding hydrogens is 697 g/mol. The van der Waals surface area contributed by atoms with Crippen LogP contribution in [-0.2, 0) is 0 Å². The molecule has 0 saturated heterocycles. The molecule has 0 aliphatic heterocycles. The van der Waals surface area contributed by atoms with Gasteiger partial charge in [0, 0.05) is 0 Å². The van der Waals surface area contributed by atoms with Crippen molar-refractivity contribution in [2.24, 2.45) is 0 Å². The lowest BCUT2D eigenvalue weighted by Gasteiger charge is -2.13. The molecule has 0 unspecified atom stereocenters. The summed E-state index contributed by atoms with van der Waals surface area (Å²) in [5.74, 6) is 0. The molecule has 0 amide bonds. The topological polar surface area (TPSA) is 0 Å². The van der Waals surface area contributed by atoms with Crippen molar-refractivity contribution >= 4 is 69.1 Å². The number of hydrogen-bond donors (Lipinski definition) is 0. The Kier molecular flexibility index (Phi) is 8.26. The minimum atomic E-state index is 1.17. The fourth-order valence-corrected chi connectivity index (χ4v) is 9.16. The van der Waals surface area contributed by atoms with Crippen LogP contribution in [0.2, 0.25) is 0 Å². The normalized spacial score (nSPS) is 12.6. The van der Waals surface area contributed by atoms with E-state index < -0.39 is 0 Å². The molecule has 0 bridgehead atoms. The molecule has 0 heteroatoms. The van der Waals surface area contributed by atoms with Gasteiger partial charge in [0.15, 0.2) is 0 Å². The van der Waals surface area contributed by atoms with Gasteiger partial charge in [-0.2, -0.15) is 0 Å². The minimum Gasteiger partial charge on any atom is -0.0616 e. The van der Waals surface area contributed by atoms with Gasteiger partial charge in [-0.15, -0.1) is 0 Å². The SMILES string of the molecule is C(=Cc1c2ccccc2c(C=Cc2cccc(C=C3c4ccccc4-c4ccccc43)c2)c2ccccc12)c1cccc(C=C2c3ccccc3-c3ccccc32)c1. The summed E-state index contributed by atoms with van der Waals surface area (Å²) in [7, 11) is 0. The van der Waals surface area contributed by atoms with E-state index in [2.05, 4.69) is 231 Å². The van der Waals surface area contributed by atoms with Crippen molar-refractivity contribution in [3.8, 4) is 22.3 Å². The summed E-state index contributed by atoms with van der Waals surface area (Å²) >= 11 is 0. The summed E-state index contributed by atoms with van der Waals surface area (Å²) in [6, 6.07) is 70.4. The first-order valence-corrected chi connectivity index (χ1v) is 20.1. The van der Waals surface area contributed by atoms with E-state index in [0.717, 1.165) is 0 Å². The quantitative estimate of drug-likeness (QED) is 0.118. The Bertz CT molecular complexity index is 2850. The lowest BCUT2D eigenvalue weighted by atomic mass is 9.90. The molecule has 0 aromatic heterocycles. The molecule has 0 atom stereocenters. The highest BCUT2D eigenvalue weighted by Crippen LogP contribution is 2.46. The standard InChI is InChI=1S/C58H38/c1-2-24-48-47(23-1)55(33-31-39-15-13-17-41(35-39)37-57-51-27-9-5-19-43(51)44-20-6-10-28-52(44)57)49-25-3-4-26-50(49)56(48)34-32-40-16-14-18-42(36-40)38-58-53-29-11-7-21-45(53)46-22-8-12-30-54(46)58/h1-38H. The van der Waals surface area contributed by atoms with Crippen LogP contribution in [-0.4, -0.2) is 0 Å². The molecule has 0 fully saturated rings. The fourth-order valence-electron chi connectivity index (χ4n) is 9.16. The van der Waals surface area contributed by atoms with Gasteiger partial charge in [-0.1, -0.05) is 206 Å². The summed E-state index contributed by atoms with van der Waals surface area (Å²) in [6.07, 6.45) is 13.8. The van der Waals surface area contributed by atoms with Gasteiger partial charge < -0.3 is 0 Å². The maximum atomic E-state index is 2.34. The van der Waals surface area contributed by atoms with E-state index in [1.807, 2.05) is 0 Å². The molecule has 0 radical (unpaired) electrons. The third-order valence-corrected chi connectivity index (χ3v) is 11.8. The van der Waals surface area contributed by atoms with E-state index >= 15 is 0 Å². The summed E-state index contributed by atoms with van der Waals surface area (Å²) < 4.78 is 0. The molecule has 0 nitrogen and oxygen atoms in total. The van der Waals surface area contributed by atoms with Gasteiger partial charge >= 0.3 is 0 Å². The van der Waals surface area contributed by atoms with Crippen molar-refractivity contribution in [3.63, 3.8) is 0 Å². The second-order valence-electron chi connectivity index (χ2n) is 15.2. The zero-order chi connectivity index (χ0) is 38.4. The average molecular weight is 735 g/mol. The molecule has 0 saturated carbocycles. The van der Waals surface area contributed by atoms with Crippen LogP contribution in [0.15, 0.2) is 194 Å². The maximum absolute atomic E-state index is 2.34. The van der Waals surface area contributed by atoms with Crippen LogP contribution in [0.3, 0.4) is 0 Å². The Morgan fingerprint density at radius 2 is 0.500 bits per heavy atom. The van der Waals surface area contributed by atoms with Gasteiger partial charge in [0.25, 0.3) is 0 Å². The largest absolute Gasteiger partial charge is 0.0616 e. The molecule has 0 N–H and O–H groups in total. The van der Waals surface area contributed by atoms with Crippen molar-refractivity contribution in [2.75, 3.05) is 0 Å². The average Bonchev–Trinajstić information content (AvgIpc) is 3.77. The number of rotatable bonds is 6. The van der Waals surface area contributed by atoms with Crippen LogP contribution >= 0.6 is 0 Å². The third kappa shape index (κ3) is 5.86. The van der Waals surface area contributed by atoms with E-state index in [0.29, 0.717) is 0 Å². The van der Waals surface area contributed by atoms with E-state index in [9.17, 15) is 0 Å². The Labute approximate surface area is 339 Å². The van der Waals surface area contributed by atoms with E-state index in [-0.39, 0.29) is 0 Å². The molecule has 0 spiro atoms. The Morgan fingerprint density at radius 1 is 0.224 bits per heavy atom. The number of benzene rings is 9. The fraction of sp³-hybridized carbons (Fsp3) is 0. The zero-order valence-electron chi connectivity index (χ0n) is 31.9. The van der Waals surface area contributed by atoms with Crippen molar-refractivity contribution in [1.29, 1.82) is 0 Å². The van der Waals surface area contributed by atoms with Crippen LogP contribution in [0.4, 0.5) is 0 Å². The van der Waals surface area contributed by atoms with E-state index in [4.69, 9.17) is 0 Å².